The summed E-state index contributed by atoms with van der Waals surface area (Å²) in [5.74, 6) is 0. The number of furan rings is 2. The van der Waals surface area contributed by atoms with Gasteiger partial charge in [-0.1, -0.05) is 151 Å². The van der Waals surface area contributed by atoms with Crippen LogP contribution < -0.4 is 4.90 Å². The third-order valence-corrected chi connectivity index (χ3v) is 16.9. The average molecular weight is 927 g/mol. The topological polar surface area (TPSA) is 42.4 Å². The molecular formula is C68H50N2O2. The SMILES string of the molecule is CC1(C)c2cc(N(c3ccc4c(c3)C(C)(C)c3cc(-c5ccccn5)c5oc6ccccc6c5c3-4)c3ccccc3-c3ccccc3)ccc2-c2cc3c(cc21)-c1c(ccc2oc4ccccc4c12)C3(C)C. The van der Waals surface area contributed by atoms with E-state index in [1.165, 1.54) is 88.7 Å². The first-order chi connectivity index (χ1) is 35.0. The predicted molar refractivity (Wildman–Crippen MR) is 297 cm³/mol. The van der Waals surface area contributed by atoms with Crippen molar-refractivity contribution in [1.29, 1.82) is 0 Å². The van der Waals surface area contributed by atoms with E-state index in [1.54, 1.807) is 0 Å². The molecule has 0 saturated heterocycles. The minimum atomic E-state index is -0.343. The van der Waals surface area contributed by atoms with E-state index in [0.29, 0.717) is 0 Å². The molecule has 9 aromatic carbocycles. The van der Waals surface area contributed by atoms with E-state index in [-0.39, 0.29) is 16.2 Å². The summed E-state index contributed by atoms with van der Waals surface area (Å²) in [6.45, 7) is 14.4. The van der Waals surface area contributed by atoms with Gasteiger partial charge >= 0.3 is 0 Å². The highest BCUT2D eigenvalue weighted by atomic mass is 16.3. The number of anilines is 3. The number of pyridine rings is 1. The largest absolute Gasteiger partial charge is 0.456 e. The number of hydrogen-bond acceptors (Lipinski definition) is 4. The second-order valence-corrected chi connectivity index (χ2v) is 21.8. The first-order valence-electron chi connectivity index (χ1n) is 25.3. The van der Waals surface area contributed by atoms with Crippen molar-refractivity contribution in [3.05, 3.63) is 228 Å². The number of nitrogens with zero attached hydrogens (tertiary/aromatic N) is 2. The highest BCUT2D eigenvalue weighted by Gasteiger charge is 2.44. The van der Waals surface area contributed by atoms with Crippen molar-refractivity contribution in [2.75, 3.05) is 4.90 Å². The number of benzene rings is 9. The highest BCUT2D eigenvalue weighted by Crippen LogP contribution is 2.60. The van der Waals surface area contributed by atoms with Crippen molar-refractivity contribution in [3.63, 3.8) is 0 Å². The Labute approximate surface area is 418 Å². The van der Waals surface area contributed by atoms with Crippen LogP contribution in [0.15, 0.2) is 203 Å². The average Bonchev–Trinajstić information content (AvgIpc) is 4.16. The molecule has 72 heavy (non-hydrogen) atoms. The summed E-state index contributed by atoms with van der Waals surface area (Å²) in [5, 5.41) is 4.66. The van der Waals surface area contributed by atoms with Crippen LogP contribution in [0, 0.1) is 0 Å². The minimum Gasteiger partial charge on any atom is -0.456 e. The molecule has 12 aromatic rings. The second kappa shape index (κ2) is 14.3. The Morgan fingerprint density at radius 3 is 1.71 bits per heavy atom. The lowest BCUT2D eigenvalue weighted by Gasteiger charge is -2.31. The number of rotatable bonds is 5. The Morgan fingerprint density at radius 2 is 0.944 bits per heavy atom. The zero-order valence-electron chi connectivity index (χ0n) is 41.2. The zero-order valence-corrected chi connectivity index (χ0v) is 41.2. The predicted octanol–water partition coefficient (Wildman–Crippen LogP) is 18.6. The van der Waals surface area contributed by atoms with Crippen LogP contribution in [0.5, 0.6) is 0 Å². The molecule has 0 N–H and O–H groups in total. The molecule has 3 aromatic heterocycles. The first kappa shape index (κ1) is 41.3. The van der Waals surface area contributed by atoms with Gasteiger partial charge in [0.05, 0.1) is 11.4 Å². The number of para-hydroxylation sites is 3. The van der Waals surface area contributed by atoms with Crippen molar-refractivity contribution in [2.45, 2.75) is 57.8 Å². The Balaban J connectivity index is 0.924. The third kappa shape index (κ3) is 5.44. The second-order valence-electron chi connectivity index (χ2n) is 21.8. The lowest BCUT2D eigenvalue weighted by Crippen LogP contribution is -2.18. The van der Waals surface area contributed by atoms with Gasteiger partial charge in [0, 0.05) is 66.5 Å². The highest BCUT2D eigenvalue weighted by molar-refractivity contribution is 6.19. The Hall–Kier alpha value is -8.47. The summed E-state index contributed by atoms with van der Waals surface area (Å²) in [5.41, 5.74) is 26.2. The smallest absolute Gasteiger partial charge is 0.145 e. The van der Waals surface area contributed by atoms with Crippen molar-refractivity contribution >= 4 is 60.9 Å². The van der Waals surface area contributed by atoms with Gasteiger partial charge in [-0.2, -0.15) is 0 Å². The van der Waals surface area contributed by atoms with Gasteiger partial charge in [-0.15, -0.1) is 0 Å². The Kier molecular flexibility index (Phi) is 8.23. The van der Waals surface area contributed by atoms with Gasteiger partial charge in [-0.25, -0.2) is 0 Å². The maximum atomic E-state index is 6.78. The molecule has 0 spiro atoms. The molecular weight excluding hydrogens is 877 g/mol. The monoisotopic (exact) mass is 926 g/mol. The molecule has 15 rings (SSSR count). The maximum Gasteiger partial charge on any atom is 0.145 e. The lowest BCUT2D eigenvalue weighted by atomic mass is 9.79. The molecule has 0 fully saturated rings. The zero-order chi connectivity index (χ0) is 48.4. The van der Waals surface area contributed by atoms with Gasteiger partial charge < -0.3 is 13.7 Å². The molecule has 4 nitrogen and oxygen atoms in total. The molecule has 0 amide bonds. The summed E-state index contributed by atoms with van der Waals surface area (Å²) in [7, 11) is 0. The van der Waals surface area contributed by atoms with Crippen LogP contribution in [0.1, 0.15) is 74.9 Å². The molecule has 0 radical (unpaired) electrons. The summed E-state index contributed by atoms with van der Waals surface area (Å²) in [6.07, 6.45) is 1.87. The third-order valence-electron chi connectivity index (χ3n) is 16.9. The fraction of sp³-hybridized carbons (Fsp3) is 0.132. The number of hydrogen-bond donors (Lipinski definition) is 0. The van der Waals surface area contributed by atoms with E-state index in [0.717, 1.165) is 61.4 Å². The van der Waals surface area contributed by atoms with Gasteiger partial charge in [-0.05, 0) is 151 Å². The van der Waals surface area contributed by atoms with Crippen molar-refractivity contribution in [3.8, 4) is 55.8 Å². The van der Waals surface area contributed by atoms with Gasteiger partial charge in [0.2, 0.25) is 0 Å². The summed E-state index contributed by atoms with van der Waals surface area (Å²) >= 11 is 0. The van der Waals surface area contributed by atoms with Crippen LogP contribution in [0.4, 0.5) is 17.1 Å². The molecule has 0 saturated carbocycles. The van der Waals surface area contributed by atoms with Crippen LogP contribution in [0.25, 0.3) is 99.6 Å². The van der Waals surface area contributed by atoms with E-state index >= 15 is 0 Å². The van der Waals surface area contributed by atoms with Crippen molar-refractivity contribution in [1.82, 2.24) is 4.98 Å². The maximum absolute atomic E-state index is 6.78. The van der Waals surface area contributed by atoms with Gasteiger partial charge in [0.25, 0.3) is 0 Å². The van der Waals surface area contributed by atoms with Gasteiger partial charge in [-0.3, -0.25) is 4.98 Å². The standard InChI is InChI=1S/C68H50N2O2/c1-66(2)50-31-32-60-63(45-21-11-14-25-58(45)71-60)62(50)48-37-53-47(36-54(48)66)43-29-27-40(34-51(43)67(53,3)4)70(57-24-13-10-20-42(57)39-18-8-7-9-19-39)41-28-30-44-52(35-41)68(5,6)55-38-49(56-23-16-17-33-69-56)65-64(61(44)55)46-22-12-15-26-59(46)72-65/h7-38H,1-6H3. The minimum absolute atomic E-state index is 0.186. The van der Waals surface area contributed by atoms with Crippen LogP contribution >= 0.6 is 0 Å². The van der Waals surface area contributed by atoms with E-state index in [4.69, 9.17) is 13.8 Å². The lowest BCUT2D eigenvalue weighted by molar-refractivity contribution is 0.651. The molecule has 3 aliphatic rings. The van der Waals surface area contributed by atoms with Crippen molar-refractivity contribution < 1.29 is 8.83 Å². The van der Waals surface area contributed by atoms with Crippen LogP contribution in [0.3, 0.4) is 0 Å². The quantitative estimate of drug-likeness (QED) is 0.172. The molecule has 344 valence electrons. The summed E-state index contributed by atoms with van der Waals surface area (Å²) in [6, 6.07) is 69.1. The Morgan fingerprint density at radius 1 is 0.375 bits per heavy atom. The molecule has 0 aliphatic heterocycles. The van der Waals surface area contributed by atoms with E-state index in [2.05, 4.69) is 228 Å². The van der Waals surface area contributed by atoms with Crippen LogP contribution in [-0.4, -0.2) is 4.98 Å². The summed E-state index contributed by atoms with van der Waals surface area (Å²) < 4.78 is 13.3. The molecule has 3 aliphatic carbocycles. The van der Waals surface area contributed by atoms with Crippen LogP contribution in [-0.2, 0) is 16.2 Å². The van der Waals surface area contributed by atoms with Gasteiger partial charge in [0.15, 0.2) is 0 Å². The van der Waals surface area contributed by atoms with E-state index in [1.807, 2.05) is 12.3 Å². The molecule has 0 bridgehead atoms. The molecule has 0 atom stereocenters. The van der Waals surface area contributed by atoms with Crippen molar-refractivity contribution in [2.24, 2.45) is 0 Å². The first-order valence-corrected chi connectivity index (χ1v) is 25.3. The normalized spacial score (nSPS) is 15.1. The number of fused-ring (bicyclic) bond motifs is 17. The molecule has 3 heterocycles. The fourth-order valence-electron chi connectivity index (χ4n) is 13.3. The van der Waals surface area contributed by atoms with E-state index < -0.39 is 0 Å². The fourth-order valence-corrected chi connectivity index (χ4v) is 13.3. The van der Waals surface area contributed by atoms with Gasteiger partial charge in [0.1, 0.15) is 22.3 Å². The van der Waals surface area contributed by atoms with Crippen LogP contribution in [0.2, 0.25) is 0 Å². The Bertz CT molecular complexity index is 4300. The van der Waals surface area contributed by atoms with E-state index in [9.17, 15) is 0 Å². The molecule has 4 heteroatoms. The number of aromatic nitrogens is 1. The molecule has 0 unspecified atom stereocenters. The summed E-state index contributed by atoms with van der Waals surface area (Å²) in [4.78, 5) is 7.36.